The van der Waals surface area contributed by atoms with Gasteiger partial charge in [0.2, 0.25) is 10.0 Å². The van der Waals surface area contributed by atoms with Gasteiger partial charge in [0, 0.05) is 19.4 Å². The predicted molar refractivity (Wildman–Crippen MR) is 87.0 cm³/mol. The normalized spacial score (nSPS) is 11.5. The fourth-order valence-corrected chi connectivity index (χ4v) is 3.21. The van der Waals surface area contributed by atoms with Gasteiger partial charge in [-0.2, -0.15) is 0 Å². The highest BCUT2D eigenvalue weighted by Crippen LogP contribution is 2.14. The Morgan fingerprint density at radius 3 is 2.71 bits per heavy atom. The van der Waals surface area contributed by atoms with E-state index < -0.39 is 10.0 Å². The molecule has 0 radical (unpaired) electrons. The maximum absolute atomic E-state index is 12.0. The first-order valence-electron chi connectivity index (χ1n) is 7.36. The Hall–Kier alpha value is -1.11. The Morgan fingerprint density at radius 2 is 2.00 bits per heavy atom. The number of sulfonamides is 1. The van der Waals surface area contributed by atoms with E-state index in [-0.39, 0.29) is 5.75 Å². The van der Waals surface area contributed by atoms with Crippen molar-refractivity contribution < 1.29 is 13.2 Å². The van der Waals surface area contributed by atoms with Crippen molar-refractivity contribution in [3.05, 3.63) is 29.8 Å². The van der Waals surface area contributed by atoms with Gasteiger partial charge in [-0.1, -0.05) is 18.6 Å². The van der Waals surface area contributed by atoms with Crippen molar-refractivity contribution >= 4 is 15.7 Å². The van der Waals surface area contributed by atoms with Crippen molar-refractivity contribution in [2.24, 2.45) is 5.73 Å². The zero-order valence-electron chi connectivity index (χ0n) is 12.7. The van der Waals surface area contributed by atoms with E-state index in [0.29, 0.717) is 25.3 Å². The quantitative estimate of drug-likeness (QED) is 0.613. The number of nitrogens with one attached hydrogen (secondary N) is 1. The largest absolute Gasteiger partial charge is 0.385 e. The summed E-state index contributed by atoms with van der Waals surface area (Å²) in [7, 11) is -1.63. The Morgan fingerprint density at radius 1 is 1.19 bits per heavy atom. The van der Waals surface area contributed by atoms with E-state index in [4.69, 9.17) is 10.5 Å². The molecule has 120 valence electrons. The fourth-order valence-electron chi connectivity index (χ4n) is 2.04. The first kappa shape index (κ1) is 17.9. The van der Waals surface area contributed by atoms with Gasteiger partial charge in [-0.05, 0) is 49.9 Å². The van der Waals surface area contributed by atoms with Crippen molar-refractivity contribution in [1.82, 2.24) is 0 Å². The van der Waals surface area contributed by atoms with E-state index in [2.05, 4.69) is 4.72 Å². The lowest BCUT2D eigenvalue weighted by atomic mass is 10.1. The SMILES string of the molecule is COCCCCCS(=O)(=O)Nc1cccc(CCCN)c1. The van der Waals surface area contributed by atoms with Crippen LogP contribution in [0, 0.1) is 0 Å². The summed E-state index contributed by atoms with van der Waals surface area (Å²) in [6.07, 6.45) is 4.15. The van der Waals surface area contributed by atoms with Crippen LogP contribution in [0.5, 0.6) is 0 Å². The van der Waals surface area contributed by atoms with Crippen LogP contribution in [0.3, 0.4) is 0 Å². The zero-order chi connectivity index (χ0) is 15.6. The molecule has 1 aromatic carbocycles. The number of benzene rings is 1. The van der Waals surface area contributed by atoms with E-state index in [9.17, 15) is 8.42 Å². The van der Waals surface area contributed by atoms with Crippen molar-refractivity contribution in [2.75, 3.05) is 30.7 Å². The van der Waals surface area contributed by atoms with E-state index in [1.807, 2.05) is 18.2 Å². The first-order chi connectivity index (χ1) is 10.1. The smallest absolute Gasteiger partial charge is 0.232 e. The molecule has 21 heavy (non-hydrogen) atoms. The average molecular weight is 314 g/mol. The lowest BCUT2D eigenvalue weighted by Gasteiger charge is -2.09. The Bertz CT molecular complexity index is 503. The lowest BCUT2D eigenvalue weighted by Crippen LogP contribution is -2.17. The molecule has 0 fully saturated rings. The molecular weight excluding hydrogens is 288 g/mol. The zero-order valence-corrected chi connectivity index (χ0v) is 13.5. The number of unbranched alkanes of at least 4 members (excludes halogenated alkanes) is 2. The molecule has 0 spiro atoms. The highest BCUT2D eigenvalue weighted by molar-refractivity contribution is 7.92. The van der Waals surface area contributed by atoms with Gasteiger partial charge in [0.15, 0.2) is 0 Å². The molecule has 5 nitrogen and oxygen atoms in total. The van der Waals surface area contributed by atoms with Gasteiger partial charge in [-0.25, -0.2) is 8.42 Å². The molecule has 0 aliphatic rings. The molecule has 0 bridgehead atoms. The number of anilines is 1. The first-order valence-corrected chi connectivity index (χ1v) is 9.01. The molecule has 0 aromatic heterocycles. The lowest BCUT2D eigenvalue weighted by molar-refractivity contribution is 0.192. The van der Waals surface area contributed by atoms with E-state index >= 15 is 0 Å². The number of rotatable bonds is 11. The third-order valence-corrected chi connectivity index (χ3v) is 4.50. The molecule has 6 heteroatoms. The second-order valence-corrected chi connectivity index (χ2v) is 6.91. The fraction of sp³-hybridized carbons (Fsp3) is 0.600. The second kappa shape index (κ2) is 9.76. The van der Waals surface area contributed by atoms with Gasteiger partial charge in [-0.3, -0.25) is 4.72 Å². The van der Waals surface area contributed by atoms with Crippen molar-refractivity contribution in [3.8, 4) is 0 Å². The number of methoxy groups -OCH3 is 1. The van der Waals surface area contributed by atoms with E-state index in [1.54, 1.807) is 13.2 Å². The minimum atomic E-state index is -3.27. The highest BCUT2D eigenvalue weighted by atomic mass is 32.2. The molecule has 0 amide bonds. The summed E-state index contributed by atoms with van der Waals surface area (Å²) in [4.78, 5) is 0. The number of nitrogens with two attached hydrogens (primary N) is 1. The van der Waals surface area contributed by atoms with Crippen LogP contribution in [-0.2, 0) is 21.2 Å². The molecule has 0 saturated heterocycles. The molecule has 0 aliphatic carbocycles. The molecule has 0 saturated carbocycles. The Kier molecular flexibility index (Phi) is 8.34. The van der Waals surface area contributed by atoms with Crippen molar-refractivity contribution in [3.63, 3.8) is 0 Å². The van der Waals surface area contributed by atoms with Crippen LogP contribution in [-0.4, -0.2) is 34.4 Å². The summed E-state index contributed by atoms with van der Waals surface area (Å²) in [5, 5.41) is 0. The summed E-state index contributed by atoms with van der Waals surface area (Å²) >= 11 is 0. The Balaban J connectivity index is 2.46. The highest BCUT2D eigenvalue weighted by Gasteiger charge is 2.10. The van der Waals surface area contributed by atoms with Crippen molar-refractivity contribution in [1.29, 1.82) is 0 Å². The van der Waals surface area contributed by atoms with Crippen LogP contribution in [0.2, 0.25) is 0 Å². The summed E-state index contributed by atoms with van der Waals surface area (Å²) in [6.45, 7) is 1.31. The van der Waals surface area contributed by atoms with Crippen LogP contribution in [0.15, 0.2) is 24.3 Å². The van der Waals surface area contributed by atoms with Crippen LogP contribution in [0.25, 0.3) is 0 Å². The topological polar surface area (TPSA) is 81.4 Å². The maximum Gasteiger partial charge on any atom is 0.232 e. The Labute approximate surface area is 127 Å². The maximum atomic E-state index is 12.0. The monoisotopic (exact) mass is 314 g/mol. The molecule has 0 heterocycles. The summed E-state index contributed by atoms with van der Waals surface area (Å²) in [5.74, 6) is 0.143. The number of aryl methyl sites for hydroxylation is 1. The van der Waals surface area contributed by atoms with Gasteiger partial charge in [0.25, 0.3) is 0 Å². The van der Waals surface area contributed by atoms with E-state index in [1.165, 1.54) is 0 Å². The summed E-state index contributed by atoms with van der Waals surface area (Å²) < 4.78 is 31.6. The summed E-state index contributed by atoms with van der Waals surface area (Å²) in [6, 6.07) is 7.49. The van der Waals surface area contributed by atoms with Crippen LogP contribution >= 0.6 is 0 Å². The minimum Gasteiger partial charge on any atom is -0.385 e. The van der Waals surface area contributed by atoms with Crippen molar-refractivity contribution in [2.45, 2.75) is 32.1 Å². The van der Waals surface area contributed by atoms with Gasteiger partial charge < -0.3 is 10.5 Å². The third kappa shape index (κ3) is 8.04. The predicted octanol–water partition coefficient (Wildman–Crippen LogP) is 2.14. The van der Waals surface area contributed by atoms with Gasteiger partial charge in [0.05, 0.1) is 5.75 Å². The number of hydrogen-bond donors (Lipinski definition) is 2. The molecule has 1 aromatic rings. The second-order valence-electron chi connectivity index (χ2n) is 5.07. The molecular formula is C15H26N2O3S. The standard InChI is InChI=1S/C15H26N2O3S/c1-20-11-3-2-4-12-21(18,19)17-15-9-5-7-14(13-15)8-6-10-16/h5,7,9,13,17H,2-4,6,8,10-12,16H2,1H3. The molecule has 0 atom stereocenters. The molecule has 3 N–H and O–H groups in total. The average Bonchev–Trinajstić information content (AvgIpc) is 2.44. The van der Waals surface area contributed by atoms with Crippen LogP contribution < -0.4 is 10.5 Å². The summed E-state index contributed by atoms with van der Waals surface area (Å²) in [5.41, 5.74) is 7.21. The molecule has 1 rings (SSSR count). The van der Waals surface area contributed by atoms with Gasteiger partial charge in [-0.15, -0.1) is 0 Å². The minimum absolute atomic E-state index is 0.143. The van der Waals surface area contributed by atoms with E-state index in [0.717, 1.165) is 31.2 Å². The number of hydrogen-bond acceptors (Lipinski definition) is 4. The third-order valence-electron chi connectivity index (χ3n) is 3.13. The van der Waals surface area contributed by atoms with Gasteiger partial charge in [0.1, 0.15) is 0 Å². The van der Waals surface area contributed by atoms with Crippen LogP contribution in [0.4, 0.5) is 5.69 Å². The van der Waals surface area contributed by atoms with Crippen LogP contribution in [0.1, 0.15) is 31.2 Å². The number of ether oxygens (including phenoxy) is 1. The van der Waals surface area contributed by atoms with Gasteiger partial charge >= 0.3 is 0 Å². The molecule has 0 unspecified atom stereocenters. The molecule has 0 aliphatic heterocycles.